The van der Waals surface area contributed by atoms with Crippen molar-refractivity contribution in [3.63, 3.8) is 0 Å². The minimum absolute atomic E-state index is 0.434. The molecule has 1 saturated heterocycles. The Labute approximate surface area is 134 Å². The van der Waals surface area contributed by atoms with Gasteiger partial charge in [0.15, 0.2) is 11.5 Å². The number of piperidine rings is 1. The number of hydrogen-bond donors (Lipinski definition) is 2. The summed E-state index contributed by atoms with van der Waals surface area (Å²) >= 11 is 0. The van der Waals surface area contributed by atoms with Crippen LogP contribution in [0.25, 0.3) is 11.2 Å². The summed E-state index contributed by atoms with van der Waals surface area (Å²) in [6.07, 6.45) is 5.75. The van der Waals surface area contributed by atoms with Crippen LogP contribution in [0.1, 0.15) is 24.5 Å². The molecule has 1 fully saturated rings. The maximum atomic E-state index is 5.63. The van der Waals surface area contributed by atoms with Crippen LogP contribution in [0.2, 0.25) is 0 Å². The first-order valence-electron chi connectivity index (χ1n) is 7.99. The zero-order chi connectivity index (χ0) is 15.6. The number of hydrogen-bond acceptors (Lipinski definition) is 6. The van der Waals surface area contributed by atoms with Crippen molar-refractivity contribution in [3.05, 3.63) is 36.2 Å². The number of nitrogens with one attached hydrogen (secondary N) is 2. The summed E-state index contributed by atoms with van der Waals surface area (Å²) in [4.78, 5) is 13.4. The molecule has 4 rings (SSSR count). The summed E-state index contributed by atoms with van der Waals surface area (Å²) < 4.78 is 7.69. The molecule has 23 heavy (non-hydrogen) atoms. The standard InChI is InChI=1S/C16H20N6O/c1-11-19-9-13(23-11)10-22-15-14(3-2-6-18-15)21-16(22)20-12-4-7-17-8-5-12/h2-3,6,9,12,17H,4-5,7-8,10H2,1H3,(H,20,21). The summed E-state index contributed by atoms with van der Waals surface area (Å²) in [5.41, 5.74) is 1.75. The van der Waals surface area contributed by atoms with Crippen LogP contribution in [-0.4, -0.2) is 38.7 Å². The third-order valence-corrected chi connectivity index (χ3v) is 4.16. The molecule has 0 aliphatic carbocycles. The van der Waals surface area contributed by atoms with E-state index in [4.69, 9.17) is 9.40 Å². The minimum Gasteiger partial charge on any atom is -0.444 e. The summed E-state index contributed by atoms with van der Waals surface area (Å²) in [7, 11) is 0. The normalized spacial score (nSPS) is 16.0. The number of aryl methyl sites for hydroxylation is 1. The van der Waals surface area contributed by atoms with Crippen molar-refractivity contribution in [2.75, 3.05) is 18.4 Å². The van der Waals surface area contributed by atoms with Crippen molar-refractivity contribution >= 4 is 17.1 Å². The molecule has 3 aromatic heterocycles. The molecular weight excluding hydrogens is 292 g/mol. The zero-order valence-electron chi connectivity index (χ0n) is 13.1. The topological polar surface area (TPSA) is 80.8 Å². The Morgan fingerprint density at radius 3 is 3.00 bits per heavy atom. The summed E-state index contributed by atoms with van der Waals surface area (Å²) in [6.45, 7) is 4.50. The number of fused-ring (bicyclic) bond motifs is 1. The molecule has 0 radical (unpaired) electrons. The number of anilines is 1. The molecule has 120 valence electrons. The molecule has 2 N–H and O–H groups in total. The van der Waals surface area contributed by atoms with Crippen molar-refractivity contribution in [2.24, 2.45) is 0 Å². The van der Waals surface area contributed by atoms with Gasteiger partial charge in [0.2, 0.25) is 5.95 Å². The van der Waals surface area contributed by atoms with Gasteiger partial charge in [-0.1, -0.05) is 0 Å². The first kappa shape index (κ1) is 14.2. The summed E-state index contributed by atoms with van der Waals surface area (Å²) in [5.74, 6) is 2.32. The molecule has 7 nitrogen and oxygen atoms in total. The van der Waals surface area contributed by atoms with E-state index in [0.29, 0.717) is 18.5 Å². The van der Waals surface area contributed by atoms with Crippen LogP contribution in [0, 0.1) is 6.92 Å². The van der Waals surface area contributed by atoms with Gasteiger partial charge in [0.1, 0.15) is 11.3 Å². The maximum absolute atomic E-state index is 5.63. The largest absolute Gasteiger partial charge is 0.444 e. The van der Waals surface area contributed by atoms with Gasteiger partial charge in [-0.25, -0.2) is 15.0 Å². The van der Waals surface area contributed by atoms with Gasteiger partial charge in [-0.05, 0) is 38.1 Å². The number of imidazole rings is 1. The fourth-order valence-corrected chi connectivity index (χ4v) is 3.00. The lowest BCUT2D eigenvalue weighted by atomic mass is 10.1. The molecule has 4 heterocycles. The van der Waals surface area contributed by atoms with Crippen LogP contribution in [0.4, 0.5) is 5.95 Å². The van der Waals surface area contributed by atoms with Gasteiger partial charge in [0.25, 0.3) is 0 Å². The van der Waals surface area contributed by atoms with Gasteiger partial charge >= 0.3 is 0 Å². The van der Waals surface area contributed by atoms with Crippen molar-refractivity contribution in [1.82, 2.24) is 24.8 Å². The van der Waals surface area contributed by atoms with E-state index in [0.717, 1.165) is 48.8 Å². The third kappa shape index (κ3) is 2.92. The van der Waals surface area contributed by atoms with Crippen molar-refractivity contribution in [2.45, 2.75) is 32.4 Å². The predicted octanol–water partition coefficient (Wildman–Crippen LogP) is 1.94. The molecule has 1 aliphatic heterocycles. The molecule has 0 aromatic carbocycles. The monoisotopic (exact) mass is 312 g/mol. The molecule has 0 unspecified atom stereocenters. The lowest BCUT2D eigenvalue weighted by Crippen LogP contribution is -2.36. The lowest BCUT2D eigenvalue weighted by molar-refractivity contribution is 0.459. The predicted molar refractivity (Wildman–Crippen MR) is 87.4 cm³/mol. The van der Waals surface area contributed by atoms with Gasteiger partial charge in [-0.15, -0.1) is 0 Å². The van der Waals surface area contributed by atoms with E-state index in [9.17, 15) is 0 Å². The van der Waals surface area contributed by atoms with Gasteiger partial charge in [-0.2, -0.15) is 0 Å². The molecule has 3 aromatic rings. The Bertz CT molecular complexity index is 802. The maximum Gasteiger partial charge on any atom is 0.205 e. The number of nitrogens with zero attached hydrogens (tertiary/aromatic N) is 4. The Hall–Kier alpha value is -2.41. The first-order valence-corrected chi connectivity index (χ1v) is 7.99. The van der Waals surface area contributed by atoms with Crippen molar-refractivity contribution in [1.29, 1.82) is 0 Å². The number of pyridine rings is 1. The quantitative estimate of drug-likeness (QED) is 0.766. The van der Waals surface area contributed by atoms with Gasteiger partial charge in [0, 0.05) is 19.2 Å². The molecule has 0 spiro atoms. The fraction of sp³-hybridized carbons (Fsp3) is 0.438. The van der Waals surface area contributed by atoms with Gasteiger partial charge in [0.05, 0.1) is 12.7 Å². The van der Waals surface area contributed by atoms with Crippen LogP contribution in [0.15, 0.2) is 28.9 Å². The van der Waals surface area contributed by atoms with Gasteiger partial charge in [-0.3, -0.25) is 4.57 Å². The van der Waals surface area contributed by atoms with E-state index in [-0.39, 0.29) is 0 Å². The second kappa shape index (κ2) is 6.00. The van der Waals surface area contributed by atoms with E-state index in [1.54, 1.807) is 12.4 Å². The van der Waals surface area contributed by atoms with Gasteiger partial charge < -0.3 is 15.1 Å². The minimum atomic E-state index is 0.434. The highest BCUT2D eigenvalue weighted by Gasteiger charge is 2.18. The Kier molecular flexibility index (Phi) is 3.70. The zero-order valence-corrected chi connectivity index (χ0v) is 13.1. The molecule has 0 bridgehead atoms. The highest BCUT2D eigenvalue weighted by Crippen LogP contribution is 2.21. The van der Waals surface area contributed by atoms with Crippen LogP contribution >= 0.6 is 0 Å². The highest BCUT2D eigenvalue weighted by atomic mass is 16.4. The number of aromatic nitrogens is 4. The lowest BCUT2D eigenvalue weighted by Gasteiger charge is -2.24. The first-order chi connectivity index (χ1) is 11.3. The Morgan fingerprint density at radius 2 is 2.22 bits per heavy atom. The molecule has 0 amide bonds. The van der Waals surface area contributed by atoms with Crippen molar-refractivity contribution in [3.8, 4) is 0 Å². The molecule has 0 saturated carbocycles. The second-order valence-corrected chi connectivity index (χ2v) is 5.88. The average molecular weight is 312 g/mol. The Balaban J connectivity index is 1.68. The van der Waals surface area contributed by atoms with E-state index >= 15 is 0 Å². The van der Waals surface area contributed by atoms with E-state index in [1.807, 2.05) is 19.1 Å². The highest BCUT2D eigenvalue weighted by molar-refractivity contribution is 5.74. The van der Waals surface area contributed by atoms with Crippen LogP contribution in [-0.2, 0) is 6.54 Å². The SMILES string of the molecule is Cc1ncc(Cn2c(NC3CCNCC3)nc3cccnc32)o1. The number of oxazole rings is 1. The van der Waals surface area contributed by atoms with E-state index < -0.39 is 0 Å². The third-order valence-electron chi connectivity index (χ3n) is 4.16. The molecule has 7 heteroatoms. The Morgan fingerprint density at radius 1 is 1.35 bits per heavy atom. The summed E-state index contributed by atoms with van der Waals surface area (Å²) in [5, 5.41) is 6.96. The smallest absolute Gasteiger partial charge is 0.205 e. The second-order valence-electron chi connectivity index (χ2n) is 5.88. The van der Waals surface area contributed by atoms with E-state index in [2.05, 4.69) is 25.2 Å². The van der Waals surface area contributed by atoms with Crippen LogP contribution in [0.5, 0.6) is 0 Å². The van der Waals surface area contributed by atoms with Crippen molar-refractivity contribution < 1.29 is 4.42 Å². The van der Waals surface area contributed by atoms with Crippen LogP contribution in [0.3, 0.4) is 0 Å². The van der Waals surface area contributed by atoms with Crippen LogP contribution < -0.4 is 10.6 Å². The molecule has 0 atom stereocenters. The molecular formula is C16H20N6O. The molecule has 1 aliphatic rings. The summed E-state index contributed by atoms with van der Waals surface area (Å²) in [6, 6.07) is 4.33. The fourth-order valence-electron chi connectivity index (χ4n) is 3.00. The number of rotatable bonds is 4. The van der Waals surface area contributed by atoms with E-state index in [1.165, 1.54) is 0 Å². The average Bonchev–Trinajstić information content (AvgIpc) is 3.13.